The van der Waals surface area contributed by atoms with E-state index in [0.717, 1.165) is 6.07 Å². The molecule has 0 spiro atoms. The van der Waals surface area contributed by atoms with Crippen LogP contribution in [0.25, 0.3) is 5.57 Å². The van der Waals surface area contributed by atoms with Gasteiger partial charge in [0, 0.05) is 30.9 Å². The first-order chi connectivity index (χ1) is 14.6. The van der Waals surface area contributed by atoms with Gasteiger partial charge >= 0.3 is 6.11 Å². The fraction of sp³-hybridized carbons (Fsp3) is 0.364. The van der Waals surface area contributed by atoms with E-state index in [1.165, 1.54) is 0 Å². The Morgan fingerprint density at radius 3 is 2.23 bits per heavy atom. The van der Waals surface area contributed by atoms with Gasteiger partial charge in [0.1, 0.15) is 11.3 Å². The first kappa shape index (κ1) is 23.1. The summed E-state index contributed by atoms with van der Waals surface area (Å²) in [5, 5.41) is 0. The first-order valence-electron chi connectivity index (χ1n) is 9.61. The molecule has 0 radical (unpaired) electrons. The Labute approximate surface area is 174 Å². The molecule has 0 N–H and O–H groups in total. The third-order valence-electron chi connectivity index (χ3n) is 5.02. The molecule has 0 heterocycles. The Morgan fingerprint density at radius 1 is 0.968 bits per heavy atom. The molecule has 1 unspecified atom stereocenters. The molecule has 1 aliphatic carbocycles. The molecule has 0 bridgehead atoms. The molecule has 2 aromatic rings. The van der Waals surface area contributed by atoms with Gasteiger partial charge in [-0.25, -0.2) is 22.0 Å². The van der Waals surface area contributed by atoms with Gasteiger partial charge in [0.05, 0.1) is 0 Å². The van der Waals surface area contributed by atoms with Crippen LogP contribution in [0, 0.1) is 35.0 Å². The van der Waals surface area contributed by atoms with Gasteiger partial charge in [-0.1, -0.05) is 12.1 Å². The lowest BCUT2D eigenvalue weighted by atomic mass is 9.86. The van der Waals surface area contributed by atoms with Crippen LogP contribution >= 0.6 is 0 Å². The van der Waals surface area contributed by atoms with Crippen LogP contribution in [0.1, 0.15) is 37.3 Å². The van der Waals surface area contributed by atoms with Gasteiger partial charge in [-0.3, -0.25) is 0 Å². The normalized spacial score (nSPS) is 16.9. The monoisotopic (exact) mass is 448 g/mol. The van der Waals surface area contributed by atoms with Gasteiger partial charge in [0.25, 0.3) is 0 Å². The van der Waals surface area contributed by atoms with Crippen molar-refractivity contribution in [1.82, 2.24) is 0 Å². The summed E-state index contributed by atoms with van der Waals surface area (Å²) in [5.41, 5.74) is -1.11. The number of hydrogen-bond acceptors (Lipinski definition) is 2. The molecular formula is C22H19F7O2. The number of ether oxygens (including phenoxy) is 2. The van der Waals surface area contributed by atoms with Crippen molar-refractivity contribution in [2.45, 2.75) is 32.3 Å². The third kappa shape index (κ3) is 5.03. The Balaban J connectivity index is 1.84. The Hall–Kier alpha value is -2.55. The summed E-state index contributed by atoms with van der Waals surface area (Å²) in [6.07, 6.45) is -1.06. The predicted molar refractivity (Wildman–Crippen MR) is 99.0 cm³/mol. The highest BCUT2D eigenvalue weighted by atomic mass is 19.3. The van der Waals surface area contributed by atoms with Crippen molar-refractivity contribution in [1.29, 1.82) is 0 Å². The van der Waals surface area contributed by atoms with Crippen molar-refractivity contribution >= 4 is 5.57 Å². The van der Waals surface area contributed by atoms with Crippen molar-refractivity contribution in [3.05, 3.63) is 70.6 Å². The van der Waals surface area contributed by atoms with Crippen LogP contribution in [0.15, 0.2) is 30.3 Å². The number of hydrogen-bond donors (Lipinski definition) is 0. The fourth-order valence-electron chi connectivity index (χ4n) is 3.39. The topological polar surface area (TPSA) is 18.5 Å². The van der Waals surface area contributed by atoms with Crippen molar-refractivity contribution in [2.24, 2.45) is 5.92 Å². The molecule has 0 aromatic heterocycles. The SMILES string of the molecule is CCOCC1CC=C(c2ccc(C(F)(F)Oc3cc(F)c(F)c(F)c3)c(F)c2F)CC1. The second-order valence-electron chi connectivity index (χ2n) is 7.14. The zero-order valence-corrected chi connectivity index (χ0v) is 16.5. The molecule has 31 heavy (non-hydrogen) atoms. The highest BCUT2D eigenvalue weighted by Gasteiger charge is 2.40. The number of benzene rings is 2. The van der Waals surface area contributed by atoms with Crippen LogP contribution in [0.2, 0.25) is 0 Å². The van der Waals surface area contributed by atoms with Crippen LogP contribution < -0.4 is 4.74 Å². The second-order valence-corrected chi connectivity index (χ2v) is 7.14. The van der Waals surface area contributed by atoms with Gasteiger partial charge in [-0.15, -0.1) is 0 Å². The summed E-state index contributed by atoms with van der Waals surface area (Å²) in [6.45, 7) is 2.98. The molecule has 9 heteroatoms. The van der Waals surface area contributed by atoms with Crippen molar-refractivity contribution in [3.8, 4) is 5.75 Å². The highest BCUT2D eigenvalue weighted by molar-refractivity contribution is 5.67. The van der Waals surface area contributed by atoms with Gasteiger partial charge in [0.15, 0.2) is 29.1 Å². The van der Waals surface area contributed by atoms with E-state index in [1.807, 2.05) is 6.92 Å². The van der Waals surface area contributed by atoms with Gasteiger partial charge in [-0.2, -0.15) is 8.78 Å². The average molecular weight is 448 g/mol. The van der Waals surface area contributed by atoms with Crippen LogP contribution in [-0.4, -0.2) is 13.2 Å². The molecule has 0 saturated heterocycles. The average Bonchev–Trinajstić information content (AvgIpc) is 2.72. The van der Waals surface area contributed by atoms with E-state index in [2.05, 4.69) is 4.74 Å². The zero-order valence-electron chi connectivity index (χ0n) is 16.5. The predicted octanol–water partition coefficient (Wildman–Crippen LogP) is 6.73. The fourth-order valence-corrected chi connectivity index (χ4v) is 3.39. The number of halogens is 7. The van der Waals surface area contributed by atoms with Crippen LogP contribution in [0.4, 0.5) is 30.7 Å². The highest BCUT2D eigenvalue weighted by Crippen LogP contribution is 2.38. The van der Waals surface area contributed by atoms with Crippen molar-refractivity contribution < 1.29 is 40.2 Å². The van der Waals surface area contributed by atoms with Crippen LogP contribution in [0.5, 0.6) is 5.75 Å². The summed E-state index contributed by atoms with van der Waals surface area (Å²) < 4.78 is 107. The number of alkyl halides is 2. The minimum Gasteiger partial charge on any atom is -0.429 e. The van der Waals surface area contributed by atoms with Crippen molar-refractivity contribution in [3.63, 3.8) is 0 Å². The Morgan fingerprint density at radius 2 is 1.65 bits per heavy atom. The zero-order chi connectivity index (χ0) is 22.8. The summed E-state index contributed by atoms with van der Waals surface area (Å²) in [4.78, 5) is 0. The molecule has 0 saturated carbocycles. The van der Waals surface area contributed by atoms with E-state index in [9.17, 15) is 30.7 Å². The molecule has 0 aliphatic heterocycles. The van der Waals surface area contributed by atoms with Crippen LogP contribution in [0.3, 0.4) is 0 Å². The van der Waals surface area contributed by atoms with Gasteiger partial charge in [0.2, 0.25) is 0 Å². The maximum Gasteiger partial charge on any atom is 0.429 e. The largest absolute Gasteiger partial charge is 0.429 e. The molecule has 2 nitrogen and oxygen atoms in total. The lowest BCUT2D eigenvalue weighted by molar-refractivity contribution is -0.188. The minimum atomic E-state index is -4.47. The quantitative estimate of drug-likeness (QED) is 0.345. The smallest absolute Gasteiger partial charge is 0.429 e. The van der Waals surface area contributed by atoms with E-state index in [1.54, 1.807) is 6.08 Å². The minimum absolute atomic E-state index is 0.147. The molecule has 0 amide bonds. The molecule has 1 atom stereocenters. The summed E-state index contributed by atoms with van der Waals surface area (Å²) >= 11 is 0. The molecule has 1 aliphatic rings. The molecular weight excluding hydrogens is 429 g/mol. The van der Waals surface area contributed by atoms with Gasteiger partial charge in [-0.05, 0) is 43.7 Å². The summed E-state index contributed by atoms with van der Waals surface area (Å²) in [5.74, 6) is -9.57. The van der Waals surface area contributed by atoms with E-state index in [4.69, 9.17) is 4.74 Å². The molecule has 3 rings (SSSR count). The number of rotatable bonds is 7. The van der Waals surface area contributed by atoms with Crippen molar-refractivity contribution in [2.75, 3.05) is 13.2 Å². The lowest BCUT2D eigenvalue weighted by Crippen LogP contribution is -2.24. The first-order valence-corrected chi connectivity index (χ1v) is 9.61. The standard InChI is InChI=1S/C22H19F7O2/c1-2-30-11-12-3-5-13(6-4-12)15-7-8-16(20(26)19(15)25)22(28,29)31-14-9-17(23)21(27)18(24)10-14/h5,7-10,12H,2-4,6,11H2,1H3. The lowest BCUT2D eigenvalue weighted by Gasteiger charge is -2.23. The summed E-state index contributed by atoms with van der Waals surface area (Å²) in [6, 6.07) is 2.02. The molecule has 168 valence electrons. The molecule has 0 fully saturated rings. The number of allylic oxidation sites excluding steroid dienone is 2. The third-order valence-corrected chi connectivity index (χ3v) is 5.02. The van der Waals surface area contributed by atoms with Gasteiger partial charge < -0.3 is 9.47 Å². The second kappa shape index (κ2) is 9.30. The van der Waals surface area contributed by atoms with Crippen LogP contribution in [-0.2, 0) is 10.8 Å². The maximum absolute atomic E-state index is 14.6. The summed E-state index contributed by atoms with van der Waals surface area (Å²) in [7, 11) is 0. The van der Waals surface area contributed by atoms with E-state index in [-0.39, 0.29) is 23.6 Å². The van der Waals surface area contributed by atoms with E-state index >= 15 is 0 Å². The van der Waals surface area contributed by atoms with E-state index < -0.39 is 46.5 Å². The maximum atomic E-state index is 14.6. The Bertz CT molecular complexity index is 965. The Kier molecular flexibility index (Phi) is 6.93. The molecule has 2 aromatic carbocycles. The van der Waals surface area contributed by atoms with E-state index in [0.29, 0.717) is 44.1 Å².